The maximum Gasteiger partial charge on any atom is 0.231 e. The Kier molecular flexibility index (Phi) is 4.51. The molecule has 0 atom stereocenters. The van der Waals surface area contributed by atoms with Gasteiger partial charge in [0.25, 0.3) is 0 Å². The molecule has 0 saturated carbocycles. The number of alkyl halides is 1. The fourth-order valence-corrected chi connectivity index (χ4v) is 1.14. The third-order valence-electron chi connectivity index (χ3n) is 1.82. The van der Waals surface area contributed by atoms with Crippen LogP contribution >= 0.6 is 11.6 Å². The molecular formula is C10H7ClF3NO2. The third-order valence-corrected chi connectivity index (χ3v) is 2.11. The molecule has 17 heavy (non-hydrogen) atoms. The largest absolute Gasteiger partial charge is 0.323 e. The van der Waals surface area contributed by atoms with Gasteiger partial charge in [0.2, 0.25) is 5.91 Å². The van der Waals surface area contributed by atoms with E-state index in [1.165, 1.54) is 0 Å². The van der Waals surface area contributed by atoms with Crippen molar-refractivity contribution in [2.75, 3.05) is 11.2 Å². The average molecular weight is 266 g/mol. The van der Waals surface area contributed by atoms with Crippen molar-refractivity contribution in [3.8, 4) is 0 Å². The average Bonchev–Trinajstić information content (AvgIpc) is 2.29. The van der Waals surface area contributed by atoms with E-state index in [9.17, 15) is 22.8 Å². The number of rotatable bonds is 4. The Hall–Kier alpha value is -1.56. The normalized spacial score (nSPS) is 10.1. The molecule has 92 valence electrons. The van der Waals surface area contributed by atoms with Gasteiger partial charge >= 0.3 is 0 Å². The van der Waals surface area contributed by atoms with E-state index in [-0.39, 0.29) is 5.88 Å². The summed E-state index contributed by atoms with van der Waals surface area (Å²) in [5.41, 5.74) is -0.531. The first-order valence-corrected chi connectivity index (χ1v) is 5.00. The summed E-state index contributed by atoms with van der Waals surface area (Å²) in [6.07, 6.45) is -0.554. The second-order valence-corrected chi connectivity index (χ2v) is 3.39. The van der Waals surface area contributed by atoms with E-state index in [2.05, 4.69) is 0 Å². The lowest BCUT2D eigenvalue weighted by molar-refractivity contribution is -0.124. The van der Waals surface area contributed by atoms with Crippen molar-refractivity contribution in [1.29, 1.82) is 0 Å². The van der Waals surface area contributed by atoms with Gasteiger partial charge in [0.15, 0.2) is 23.2 Å². The number of anilines is 1. The molecule has 0 spiro atoms. The van der Waals surface area contributed by atoms with Gasteiger partial charge in [-0.15, -0.1) is 11.6 Å². The van der Waals surface area contributed by atoms with E-state index in [0.29, 0.717) is 6.07 Å². The Labute approximate surface area is 99.6 Å². The molecule has 0 aliphatic carbocycles. The van der Waals surface area contributed by atoms with Gasteiger partial charge < -0.3 is 5.32 Å². The van der Waals surface area contributed by atoms with Crippen molar-refractivity contribution in [1.82, 2.24) is 0 Å². The Morgan fingerprint density at radius 2 is 1.82 bits per heavy atom. The Morgan fingerprint density at radius 1 is 1.18 bits per heavy atom. The highest BCUT2D eigenvalue weighted by Gasteiger charge is 2.16. The van der Waals surface area contributed by atoms with E-state index in [1.54, 1.807) is 0 Å². The molecule has 1 amide bonds. The van der Waals surface area contributed by atoms with Crippen LogP contribution in [0.5, 0.6) is 0 Å². The van der Waals surface area contributed by atoms with Gasteiger partial charge in [-0.3, -0.25) is 9.59 Å². The molecule has 0 unspecified atom stereocenters. The molecule has 7 heteroatoms. The highest BCUT2D eigenvalue weighted by atomic mass is 35.5. The lowest BCUT2D eigenvalue weighted by atomic mass is 10.2. The van der Waals surface area contributed by atoms with E-state index in [1.807, 2.05) is 5.32 Å². The first-order chi connectivity index (χ1) is 7.95. The summed E-state index contributed by atoms with van der Waals surface area (Å²) in [6.45, 7) is 0. The van der Waals surface area contributed by atoms with E-state index >= 15 is 0 Å². The number of Topliss-reactive ketones (excluding diaryl/α,β-unsaturated/α-hetero) is 1. The zero-order chi connectivity index (χ0) is 13.0. The molecular weight excluding hydrogens is 259 g/mol. The van der Waals surface area contributed by atoms with Crippen LogP contribution in [0.3, 0.4) is 0 Å². The maximum absolute atomic E-state index is 13.1. The molecule has 0 aliphatic rings. The topological polar surface area (TPSA) is 46.2 Å². The molecule has 0 aliphatic heterocycles. The number of carbonyl (C=O) groups excluding carboxylic acids is 2. The minimum atomic E-state index is -1.69. The van der Waals surface area contributed by atoms with Crippen molar-refractivity contribution < 1.29 is 22.8 Å². The number of hydrogen-bond acceptors (Lipinski definition) is 2. The Balaban J connectivity index is 2.79. The molecule has 0 radical (unpaired) electrons. The lowest BCUT2D eigenvalue weighted by Gasteiger charge is -2.06. The first kappa shape index (κ1) is 13.5. The molecule has 0 fully saturated rings. The number of ketones is 1. The van der Waals surface area contributed by atoms with Gasteiger partial charge in [-0.1, -0.05) is 0 Å². The van der Waals surface area contributed by atoms with Crippen LogP contribution < -0.4 is 5.32 Å². The molecule has 0 heterocycles. The van der Waals surface area contributed by atoms with Crippen molar-refractivity contribution in [3.63, 3.8) is 0 Å². The molecule has 1 rings (SSSR count). The molecule has 0 saturated heterocycles. The van der Waals surface area contributed by atoms with Gasteiger partial charge in [0.1, 0.15) is 0 Å². The highest BCUT2D eigenvalue weighted by Crippen LogP contribution is 2.19. The summed E-state index contributed by atoms with van der Waals surface area (Å²) < 4.78 is 38.4. The van der Waals surface area contributed by atoms with Crippen LogP contribution in [0.1, 0.15) is 6.42 Å². The number of carbonyl (C=O) groups is 2. The fourth-order valence-electron chi connectivity index (χ4n) is 1.04. The number of nitrogens with one attached hydrogen (secondary N) is 1. The minimum absolute atomic E-state index is 0.353. The van der Waals surface area contributed by atoms with Crippen molar-refractivity contribution in [3.05, 3.63) is 29.6 Å². The second kappa shape index (κ2) is 5.67. The molecule has 3 nitrogen and oxygen atoms in total. The van der Waals surface area contributed by atoms with Crippen LogP contribution in [-0.2, 0) is 9.59 Å². The number of hydrogen-bond donors (Lipinski definition) is 1. The molecule has 0 aromatic heterocycles. The molecule has 1 aromatic rings. The predicted molar refractivity (Wildman–Crippen MR) is 55.3 cm³/mol. The van der Waals surface area contributed by atoms with Gasteiger partial charge in [-0.2, -0.15) is 0 Å². The van der Waals surface area contributed by atoms with Crippen LogP contribution in [0.2, 0.25) is 0 Å². The first-order valence-electron chi connectivity index (χ1n) is 4.46. The second-order valence-electron chi connectivity index (χ2n) is 3.12. The molecule has 1 N–H and O–H groups in total. The highest BCUT2D eigenvalue weighted by molar-refractivity contribution is 6.29. The van der Waals surface area contributed by atoms with Crippen LogP contribution in [0, 0.1) is 17.5 Å². The van der Waals surface area contributed by atoms with E-state index < -0.39 is 41.3 Å². The number of amides is 1. The van der Waals surface area contributed by atoms with Gasteiger partial charge in [-0.25, -0.2) is 13.2 Å². The van der Waals surface area contributed by atoms with Crippen LogP contribution in [0.15, 0.2) is 12.1 Å². The van der Waals surface area contributed by atoms with Gasteiger partial charge in [-0.05, 0) is 12.1 Å². The van der Waals surface area contributed by atoms with Crippen molar-refractivity contribution >= 4 is 29.0 Å². The van der Waals surface area contributed by atoms with Crippen molar-refractivity contribution in [2.45, 2.75) is 6.42 Å². The smallest absolute Gasteiger partial charge is 0.231 e. The van der Waals surface area contributed by atoms with E-state index in [4.69, 9.17) is 11.6 Å². The maximum atomic E-state index is 13.1. The number of halogens is 4. The molecule has 0 bridgehead atoms. The minimum Gasteiger partial charge on any atom is -0.323 e. The summed E-state index contributed by atoms with van der Waals surface area (Å²) in [5.74, 6) is -6.33. The SMILES string of the molecule is O=C(CCl)CC(=O)Nc1ccc(F)c(F)c1F. The number of benzene rings is 1. The summed E-state index contributed by atoms with van der Waals surface area (Å²) in [4.78, 5) is 22.0. The monoisotopic (exact) mass is 265 g/mol. The summed E-state index contributed by atoms with van der Waals surface area (Å²) in [5, 5.41) is 1.94. The third kappa shape index (κ3) is 3.45. The zero-order valence-corrected chi connectivity index (χ0v) is 9.15. The van der Waals surface area contributed by atoms with Crippen LogP contribution in [0.25, 0.3) is 0 Å². The summed E-state index contributed by atoms with van der Waals surface area (Å²) in [7, 11) is 0. The van der Waals surface area contributed by atoms with Crippen LogP contribution in [0.4, 0.5) is 18.9 Å². The van der Waals surface area contributed by atoms with Crippen LogP contribution in [-0.4, -0.2) is 17.6 Å². The Bertz CT molecular complexity index is 465. The lowest BCUT2D eigenvalue weighted by Crippen LogP contribution is -2.18. The zero-order valence-electron chi connectivity index (χ0n) is 8.40. The van der Waals surface area contributed by atoms with Crippen molar-refractivity contribution in [2.24, 2.45) is 0 Å². The summed E-state index contributed by atoms with van der Waals surface area (Å²) >= 11 is 5.16. The fraction of sp³-hybridized carbons (Fsp3) is 0.200. The van der Waals surface area contributed by atoms with Gasteiger partial charge in [0, 0.05) is 0 Å². The predicted octanol–water partition coefficient (Wildman–Crippen LogP) is 2.24. The summed E-state index contributed by atoms with van der Waals surface area (Å²) in [6, 6.07) is 1.52. The molecule has 1 aromatic carbocycles. The Morgan fingerprint density at radius 3 is 2.41 bits per heavy atom. The standard InChI is InChI=1S/C10H7ClF3NO2/c11-4-5(16)3-8(17)15-7-2-1-6(12)9(13)10(7)14/h1-2H,3-4H2,(H,15,17). The van der Waals surface area contributed by atoms with E-state index in [0.717, 1.165) is 6.07 Å². The van der Waals surface area contributed by atoms with Gasteiger partial charge in [0.05, 0.1) is 18.0 Å². The quantitative estimate of drug-likeness (QED) is 0.516.